The fraction of sp³-hybridized carbons (Fsp3) is 0.583. The van der Waals surface area contributed by atoms with Crippen LogP contribution in [0, 0.1) is 0 Å². The molecule has 1 saturated heterocycles. The number of hydrogen-bond donors (Lipinski definition) is 2. The zero-order valence-electron chi connectivity index (χ0n) is 10.7. The van der Waals surface area contributed by atoms with Gasteiger partial charge in [0.15, 0.2) is 5.65 Å². The van der Waals surface area contributed by atoms with Crippen LogP contribution in [0.15, 0.2) is 9.59 Å². The standard InChI is InChI=1S/C12H16N4O3/c1-2-16-10-8(11(17)15-12(16)18)13-9(14-10)7-3-5-19-6-4-7/h7H,2-6H2,1H3,(H,13,14)(H,15,17,18). The van der Waals surface area contributed by atoms with E-state index in [0.717, 1.165) is 18.7 Å². The molecule has 0 atom stereocenters. The molecule has 0 amide bonds. The van der Waals surface area contributed by atoms with Crippen molar-refractivity contribution in [1.29, 1.82) is 0 Å². The van der Waals surface area contributed by atoms with Crippen LogP contribution in [-0.4, -0.2) is 32.7 Å². The Hall–Kier alpha value is -1.89. The predicted molar refractivity (Wildman–Crippen MR) is 69.4 cm³/mol. The molecule has 0 aliphatic carbocycles. The van der Waals surface area contributed by atoms with Crippen LogP contribution in [0.3, 0.4) is 0 Å². The second-order valence-corrected chi connectivity index (χ2v) is 4.71. The summed E-state index contributed by atoms with van der Waals surface area (Å²) in [6.07, 6.45) is 1.77. The summed E-state index contributed by atoms with van der Waals surface area (Å²) < 4.78 is 6.79. The molecule has 19 heavy (non-hydrogen) atoms. The van der Waals surface area contributed by atoms with Gasteiger partial charge in [-0.25, -0.2) is 9.78 Å². The number of rotatable bonds is 2. The minimum absolute atomic E-state index is 0.265. The Bertz CT molecular complexity index is 706. The van der Waals surface area contributed by atoms with Crippen molar-refractivity contribution in [2.45, 2.75) is 32.2 Å². The number of fused-ring (bicyclic) bond motifs is 1. The smallest absolute Gasteiger partial charge is 0.330 e. The zero-order chi connectivity index (χ0) is 13.4. The van der Waals surface area contributed by atoms with E-state index < -0.39 is 11.2 Å². The van der Waals surface area contributed by atoms with Gasteiger partial charge >= 0.3 is 5.69 Å². The van der Waals surface area contributed by atoms with Crippen molar-refractivity contribution in [2.24, 2.45) is 0 Å². The molecule has 0 aromatic carbocycles. The van der Waals surface area contributed by atoms with Crippen LogP contribution in [0.1, 0.15) is 31.5 Å². The Morgan fingerprint density at radius 2 is 2.05 bits per heavy atom. The fourth-order valence-corrected chi connectivity index (χ4v) is 2.52. The monoisotopic (exact) mass is 264 g/mol. The summed E-state index contributed by atoms with van der Waals surface area (Å²) in [5.74, 6) is 1.04. The molecule has 2 aromatic heterocycles. The minimum atomic E-state index is -0.412. The van der Waals surface area contributed by atoms with Crippen LogP contribution in [0.5, 0.6) is 0 Å². The van der Waals surface area contributed by atoms with Gasteiger partial charge in [-0.05, 0) is 19.8 Å². The highest BCUT2D eigenvalue weighted by molar-refractivity contribution is 5.69. The van der Waals surface area contributed by atoms with E-state index in [1.54, 1.807) is 0 Å². The van der Waals surface area contributed by atoms with Gasteiger partial charge in [-0.3, -0.25) is 14.3 Å². The molecule has 7 nitrogen and oxygen atoms in total. The topological polar surface area (TPSA) is 92.8 Å². The molecule has 0 radical (unpaired) electrons. The van der Waals surface area contributed by atoms with Crippen LogP contribution < -0.4 is 11.2 Å². The molecule has 2 aromatic rings. The van der Waals surface area contributed by atoms with Gasteiger partial charge < -0.3 is 9.72 Å². The third kappa shape index (κ3) is 1.99. The Morgan fingerprint density at radius 1 is 1.32 bits per heavy atom. The van der Waals surface area contributed by atoms with Gasteiger partial charge in [-0.1, -0.05) is 0 Å². The minimum Gasteiger partial charge on any atom is -0.381 e. The van der Waals surface area contributed by atoms with E-state index in [0.29, 0.717) is 30.9 Å². The number of H-pyrrole nitrogens is 2. The van der Waals surface area contributed by atoms with E-state index in [1.165, 1.54) is 4.57 Å². The maximum Gasteiger partial charge on any atom is 0.330 e. The quantitative estimate of drug-likeness (QED) is 0.817. The first kappa shape index (κ1) is 12.2. The molecule has 1 aliphatic rings. The number of aryl methyl sites for hydroxylation is 1. The van der Waals surface area contributed by atoms with Crippen molar-refractivity contribution in [2.75, 3.05) is 13.2 Å². The summed E-state index contributed by atoms with van der Waals surface area (Å²) in [6.45, 7) is 3.74. The molecular formula is C12H16N4O3. The lowest BCUT2D eigenvalue weighted by Crippen LogP contribution is -2.29. The van der Waals surface area contributed by atoms with Gasteiger partial charge in [-0.2, -0.15) is 0 Å². The molecule has 3 rings (SSSR count). The van der Waals surface area contributed by atoms with Crippen molar-refractivity contribution < 1.29 is 4.74 Å². The number of aromatic amines is 2. The van der Waals surface area contributed by atoms with E-state index >= 15 is 0 Å². The third-order valence-electron chi connectivity index (χ3n) is 3.58. The van der Waals surface area contributed by atoms with Crippen LogP contribution in [-0.2, 0) is 11.3 Å². The zero-order valence-corrected chi connectivity index (χ0v) is 10.7. The van der Waals surface area contributed by atoms with Crippen LogP contribution in [0.4, 0.5) is 0 Å². The molecule has 1 fully saturated rings. The van der Waals surface area contributed by atoms with Crippen LogP contribution in [0.2, 0.25) is 0 Å². The number of imidazole rings is 1. The highest BCUT2D eigenvalue weighted by Gasteiger charge is 2.21. The number of hydrogen-bond acceptors (Lipinski definition) is 4. The van der Waals surface area contributed by atoms with Crippen molar-refractivity contribution in [3.8, 4) is 0 Å². The Morgan fingerprint density at radius 3 is 2.74 bits per heavy atom. The van der Waals surface area contributed by atoms with E-state index in [-0.39, 0.29) is 5.92 Å². The van der Waals surface area contributed by atoms with E-state index in [4.69, 9.17) is 4.74 Å². The van der Waals surface area contributed by atoms with Gasteiger partial charge in [-0.15, -0.1) is 0 Å². The Balaban J connectivity index is 2.16. The lowest BCUT2D eigenvalue weighted by Gasteiger charge is -2.19. The number of nitrogens with zero attached hydrogens (tertiary/aromatic N) is 2. The van der Waals surface area contributed by atoms with Gasteiger partial charge in [0.2, 0.25) is 0 Å². The number of nitrogens with one attached hydrogen (secondary N) is 2. The lowest BCUT2D eigenvalue weighted by molar-refractivity contribution is 0.0838. The van der Waals surface area contributed by atoms with Crippen molar-refractivity contribution in [3.05, 3.63) is 26.7 Å². The third-order valence-corrected chi connectivity index (χ3v) is 3.58. The summed E-state index contributed by atoms with van der Waals surface area (Å²) in [5.41, 5.74) is 0.00113. The number of ether oxygens (including phenoxy) is 1. The lowest BCUT2D eigenvalue weighted by atomic mass is 10.00. The van der Waals surface area contributed by atoms with Crippen molar-refractivity contribution >= 4 is 11.2 Å². The fourth-order valence-electron chi connectivity index (χ4n) is 2.52. The second kappa shape index (κ2) is 4.65. The molecule has 7 heteroatoms. The first-order valence-electron chi connectivity index (χ1n) is 6.51. The highest BCUT2D eigenvalue weighted by atomic mass is 16.5. The van der Waals surface area contributed by atoms with E-state index in [2.05, 4.69) is 15.0 Å². The largest absolute Gasteiger partial charge is 0.381 e. The summed E-state index contributed by atoms with van der Waals surface area (Å²) in [4.78, 5) is 33.3. The summed E-state index contributed by atoms with van der Waals surface area (Å²) in [5, 5.41) is 0. The molecule has 0 spiro atoms. The number of aromatic nitrogens is 4. The van der Waals surface area contributed by atoms with Crippen LogP contribution >= 0.6 is 0 Å². The van der Waals surface area contributed by atoms with Gasteiger partial charge in [0.25, 0.3) is 5.56 Å². The van der Waals surface area contributed by atoms with E-state index in [1.807, 2.05) is 6.92 Å². The van der Waals surface area contributed by atoms with Crippen molar-refractivity contribution in [1.82, 2.24) is 19.5 Å². The second-order valence-electron chi connectivity index (χ2n) is 4.71. The predicted octanol–water partition coefficient (Wildman–Crippen LogP) is 0.327. The van der Waals surface area contributed by atoms with Crippen LogP contribution in [0.25, 0.3) is 11.2 Å². The molecular weight excluding hydrogens is 248 g/mol. The summed E-state index contributed by atoms with van der Waals surface area (Å²) in [7, 11) is 0. The molecule has 0 unspecified atom stereocenters. The van der Waals surface area contributed by atoms with Gasteiger partial charge in [0.1, 0.15) is 11.3 Å². The maximum absolute atomic E-state index is 11.8. The average Bonchev–Trinajstić information content (AvgIpc) is 2.85. The van der Waals surface area contributed by atoms with Gasteiger partial charge in [0.05, 0.1) is 0 Å². The normalized spacial score (nSPS) is 17.1. The molecule has 2 N–H and O–H groups in total. The summed E-state index contributed by atoms with van der Waals surface area (Å²) >= 11 is 0. The molecule has 1 aliphatic heterocycles. The highest BCUT2D eigenvalue weighted by Crippen LogP contribution is 2.25. The van der Waals surface area contributed by atoms with Crippen molar-refractivity contribution in [3.63, 3.8) is 0 Å². The summed E-state index contributed by atoms with van der Waals surface area (Å²) in [6, 6.07) is 0. The molecule has 3 heterocycles. The SMILES string of the molecule is CCn1c(=O)[nH]c(=O)c2[nH]c(C3CCOCC3)nc21. The molecule has 0 bridgehead atoms. The average molecular weight is 264 g/mol. The first-order valence-corrected chi connectivity index (χ1v) is 6.51. The van der Waals surface area contributed by atoms with E-state index in [9.17, 15) is 9.59 Å². The molecule has 102 valence electrons. The van der Waals surface area contributed by atoms with Gasteiger partial charge in [0, 0.05) is 25.7 Å². The Labute approximate surface area is 108 Å². The first-order chi connectivity index (χ1) is 9.20. The maximum atomic E-state index is 11.8. The molecule has 0 saturated carbocycles. The Kier molecular flexibility index (Phi) is 2.98.